The van der Waals surface area contributed by atoms with Gasteiger partial charge in [-0.1, -0.05) is 12.1 Å². The summed E-state index contributed by atoms with van der Waals surface area (Å²) in [5.74, 6) is 0.164. The third-order valence-electron chi connectivity index (χ3n) is 3.30. The molecule has 1 aromatic heterocycles. The van der Waals surface area contributed by atoms with Gasteiger partial charge in [-0.15, -0.1) is 0 Å². The van der Waals surface area contributed by atoms with Crippen molar-refractivity contribution in [2.45, 2.75) is 13.8 Å². The predicted molar refractivity (Wildman–Crippen MR) is 104 cm³/mol. The molecule has 0 atom stereocenters. The number of hydrazone groups is 1. The summed E-state index contributed by atoms with van der Waals surface area (Å²) in [4.78, 5) is 26.6. The molecule has 0 spiro atoms. The molecule has 0 aliphatic heterocycles. The van der Waals surface area contributed by atoms with Crippen molar-refractivity contribution in [3.8, 4) is 0 Å². The van der Waals surface area contributed by atoms with E-state index in [1.807, 2.05) is 57.1 Å². The Morgan fingerprint density at radius 3 is 2.12 bits per heavy atom. The number of carbonyl (C=O) groups is 1. The fourth-order valence-electron chi connectivity index (χ4n) is 2.03. The molecule has 0 fully saturated rings. The molecule has 0 saturated heterocycles. The molecule has 2 aromatic rings. The van der Waals surface area contributed by atoms with Crippen LogP contribution in [-0.2, 0) is 0 Å². The number of nitrogens with one attached hydrogen (secondary N) is 3. The molecular formula is C17H24N8O. The summed E-state index contributed by atoms with van der Waals surface area (Å²) >= 11 is 0. The number of nitrogens with zero attached hydrogens (tertiary/aromatic N) is 5. The molecule has 0 radical (unpaired) electrons. The van der Waals surface area contributed by atoms with Crippen LogP contribution in [0.2, 0.25) is 0 Å². The molecule has 138 valence electrons. The molecule has 9 heteroatoms. The number of anilines is 3. The van der Waals surface area contributed by atoms with Crippen LogP contribution in [0.3, 0.4) is 0 Å². The van der Waals surface area contributed by atoms with E-state index in [0.717, 1.165) is 11.3 Å². The van der Waals surface area contributed by atoms with Gasteiger partial charge in [0.25, 0.3) is 0 Å². The zero-order chi connectivity index (χ0) is 18.9. The molecule has 0 saturated carbocycles. The monoisotopic (exact) mass is 356 g/mol. The fraction of sp³-hybridized carbons (Fsp3) is 0.353. The molecule has 2 rings (SSSR count). The number of carbonyl (C=O) groups excluding carboxylic acids is 1. The lowest BCUT2D eigenvalue weighted by Gasteiger charge is -2.11. The highest BCUT2D eigenvalue weighted by molar-refractivity contribution is 5.92. The summed E-state index contributed by atoms with van der Waals surface area (Å²) in [6.45, 7) is 5.11. The number of benzene rings is 1. The van der Waals surface area contributed by atoms with Gasteiger partial charge in [0.15, 0.2) is 0 Å². The summed E-state index contributed by atoms with van der Waals surface area (Å²) in [5.41, 5.74) is 4.39. The number of rotatable bonds is 8. The van der Waals surface area contributed by atoms with E-state index in [0.29, 0.717) is 25.0 Å². The van der Waals surface area contributed by atoms with Crippen molar-refractivity contribution in [1.29, 1.82) is 0 Å². The van der Waals surface area contributed by atoms with Gasteiger partial charge in [0.1, 0.15) is 0 Å². The normalized spacial score (nSPS) is 10.6. The van der Waals surface area contributed by atoms with Gasteiger partial charge in [-0.3, -0.25) is 4.79 Å². The maximum absolute atomic E-state index is 12.3. The van der Waals surface area contributed by atoms with Crippen LogP contribution < -0.4 is 21.0 Å². The minimum atomic E-state index is -0.508. The van der Waals surface area contributed by atoms with Crippen molar-refractivity contribution in [2.24, 2.45) is 5.10 Å². The van der Waals surface area contributed by atoms with Gasteiger partial charge in [-0.05, 0) is 31.5 Å². The summed E-state index contributed by atoms with van der Waals surface area (Å²) in [7, 11) is 3.95. The first-order valence-electron chi connectivity index (χ1n) is 8.38. The van der Waals surface area contributed by atoms with Gasteiger partial charge in [-0.25, -0.2) is 5.43 Å². The molecule has 0 unspecified atom stereocenters. The molecular weight excluding hydrogens is 332 g/mol. The largest absolute Gasteiger partial charge is 0.378 e. The number of hydrogen-bond acceptors (Lipinski definition) is 8. The number of amides is 1. The van der Waals surface area contributed by atoms with Gasteiger partial charge >= 0.3 is 5.91 Å². The molecule has 0 aliphatic rings. The van der Waals surface area contributed by atoms with Crippen LogP contribution in [0.1, 0.15) is 30.0 Å². The van der Waals surface area contributed by atoms with Crippen LogP contribution in [0.25, 0.3) is 0 Å². The second kappa shape index (κ2) is 9.30. The lowest BCUT2D eigenvalue weighted by atomic mass is 10.2. The summed E-state index contributed by atoms with van der Waals surface area (Å²) in [6, 6.07) is 7.78. The average Bonchev–Trinajstić information content (AvgIpc) is 2.62. The van der Waals surface area contributed by atoms with Gasteiger partial charge in [0.05, 0.1) is 6.21 Å². The van der Waals surface area contributed by atoms with E-state index < -0.39 is 5.91 Å². The SMILES string of the molecule is CCNc1nc(NCC)nc(C(=O)N/N=C/c2ccc(N(C)C)cc2)n1. The maximum Gasteiger partial charge on any atom is 0.309 e. The highest BCUT2D eigenvalue weighted by Crippen LogP contribution is 2.11. The Morgan fingerprint density at radius 2 is 1.62 bits per heavy atom. The lowest BCUT2D eigenvalue weighted by Crippen LogP contribution is -2.22. The Kier molecular flexibility index (Phi) is 6.84. The van der Waals surface area contributed by atoms with Crippen LogP contribution in [0.15, 0.2) is 29.4 Å². The highest BCUT2D eigenvalue weighted by Gasteiger charge is 2.12. The van der Waals surface area contributed by atoms with Crippen molar-refractivity contribution in [3.63, 3.8) is 0 Å². The third-order valence-corrected chi connectivity index (χ3v) is 3.30. The molecule has 26 heavy (non-hydrogen) atoms. The summed E-state index contributed by atoms with van der Waals surface area (Å²) in [6.07, 6.45) is 1.56. The predicted octanol–water partition coefficient (Wildman–Crippen LogP) is 1.57. The standard InChI is InChI=1S/C17H24N8O/c1-5-18-16-21-14(22-17(23-16)19-6-2)15(26)24-20-11-12-7-9-13(10-8-12)25(3)4/h7-11H,5-6H2,1-4H3,(H,24,26)(H2,18,19,21,22,23)/b20-11+. The lowest BCUT2D eigenvalue weighted by molar-refractivity contribution is 0.0944. The minimum absolute atomic E-state index is 0.00740. The zero-order valence-electron chi connectivity index (χ0n) is 15.4. The van der Waals surface area contributed by atoms with E-state index in [9.17, 15) is 4.79 Å². The van der Waals surface area contributed by atoms with Crippen molar-refractivity contribution < 1.29 is 4.79 Å². The van der Waals surface area contributed by atoms with E-state index >= 15 is 0 Å². The van der Waals surface area contributed by atoms with Gasteiger partial charge in [0.2, 0.25) is 17.7 Å². The van der Waals surface area contributed by atoms with Crippen LogP contribution in [-0.4, -0.2) is 54.3 Å². The van der Waals surface area contributed by atoms with Crippen LogP contribution in [0.4, 0.5) is 17.6 Å². The van der Waals surface area contributed by atoms with E-state index in [1.165, 1.54) is 0 Å². The number of aromatic nitrogens is 3. The van der Waals surface area contributed by atoms with Gasteiger partial charge < -0.3 is 15.5 Å². The van der Waals surface area contributed by atoms with Crippen molar-refractivity contribution in [3.05, 3.63) is 35.7 Å². The third kappa shape index (κ3) is 5.40. The second-order valence-electron chi connectivity index (χ2n) is 5.55. The molecule has 3 N–H and O–H groups in total. The van der Waals surface area contributed by atoms with Crippen molar-refractivity contribution in [2.75, 3.05) is 42.7 Å². The molecule has 1 aromatic carbocycles. The van der Waals surface area contributed by atoms with Crippen LogP contribution in [0, 0.1) is 0 Å². The van der Waals surface area contributed by atoms with E-state index in [2.05, 4.69) is 36.1 Å². The second-order valence-corrected chi connectivity index (χ2v) is 5.55. The van der Waals surface area contributed by atoms with Gasteiger partial charge in [0, 0.05) is 32.9 Å². The topological polar surface area (TPSA) is 107 Å². The Bertz CT molecular complexity index is 734. The molecule has 0 bridgehead atoms. The molecule has 1 amide bonds. The Hall–Kier alpha value is -3.23. The number of hydrogen-bond donors (Lipinski definition) is 3. The summed E-state index contributed by atoms with van der Waals surface area (Å²) < 4.78 is 0. The average molecular weight is 356 g/mol. The van der Waals surface area contributed by atoms with Crippen molar-refractivity contribution >= 4 is 29.7 Å². The fourth-order valence-corrected chi connectivity index (χ4v) is 2.03. The van der Waals surface area contributed by atoms with E-state index in [-0.39, 0.29) is 5.82 Å². The van der Waals surface area contributed by atoms with E-state index in [1.54, 1.807) is 6.21 Å². The van der Waals surface area contributed by atoms with Crippen molar-refractivity contribution in [1.82, 2.24) is 20.4 Å². The quantitative estimate of drug-likeness (QED) is 0.487. The van der Waals surface area contributed by atoms with E-state index in [4.69, 9.17) is 0 Å². The first kappa shape index (κ1) is 19.1. The first-order valence-corrected chi connectivity index (χ1v) is 8.38. The molecule has 0 aliphatic carbocycles. The van der Waals surface area contributed by atoms with Crippen LogP contribution >= 0.6 is 0 Å². The Balaban J connectivity index is 2.06. The van der Waals surface area contributed by atoms with Crippen LogP contribution in [0.5, 0.6) is 0 Å². The summed E-state index contributed by atoms with van der Waals surface area (Å²) in [5, 5.41) is 9.91. The molecule has 1 heterocycles. The minimum Gasteiger partial charge on any atom is -0.378 e. The highest BCUT2D eigenvalue weighted by atomic mass is 16.2. The molecule has 9 nitrogen and oxygen atoms in total. The Labute approximate surface area is 153 Å². The maximum atomic E-state index is 12.3. The first-order chi connectivity index (χ1) is 12.5. The van der Waals surface area contributed by atoms with Gasteiger partial charge in [-0.2, -0.15) is 20.1 Å². The zero-order valence-corrected chi connectivity index (χ0v) is 15.4. The Morgan fingerprint density at radius 1 is 1.04 bits per heavy atom. The smallest absolute Gasteiger partial charge is 0.309 e.